The van der Waals surface area contributed by atoms with E-state index in [4.69, 9.17) is 14.6 Å². The van der Waals surface area contributed by atoms with Gasteiger partial charge in [-0.1, -0.05) is 0 Å². The molecule has 0 heterocycles. The van der Waals surface area contributed by atoms with Crippen LogP contribution in [0.15, 0.2) is 16.6 Å². The summed E-state index contributed by atoms with van der Waals surface area (Å²) in [7, 11) is 2.94. The van der Waals surface area contributed by atoms with Crippen molar-refractivity contribution >= 4 is 27.7 Å². The van der Waals surface area contributed by atoms with E-state index >= 15 is 0 Å². The van der Waals surface area contributed by atoms with Gasteiger partial charge in [0.1, 0.15) is 11.5 Å². The van der Waals surface area contributed by atoms with Crippen LogP contribution < -0.4 is 9.47 Å². The Kier molecular flexibility index (Phi) is 5.16. The van der Waals surface area contributed by atoms with Crippen molar-refractivity contribution in [2.75, 3.05) is 14.2 Å². The first-order valence-electron chi connectivity index (χ1n) is 5.91. The summed E-state index contributed by atoms with van der Waals surface area (Å²) in [5.74, 6) is -0.458. The van der Waals surface area contributed by atoms with Crippen LogP contribution in [0.1, 0.15) is 30.6 Å². The van der Waals surface area contributed by atoms with Crippen molar-refractivity contribution in [3.63, 3.8) is 0 Å². The maximum absolute atomic E-state index is 12.3. The lowest BCUT2D eigenvalue weighted by atomic mass is 9.85. The van der Waals surface area contributed by atoms with Gasteiger partial charge >= 0.3 is 5.97 Å². The van der Waals surface area contributed by atoms with E-state index in [1.54, 1.807) is 12.1 Å². The molecule has 0 saturated carbocycles. The van der Waals surface area contributed by atoms with Gasteiger partial charge in [0, 0.05) is 6.42 Å². The molecule has 0 saturated heterocycles. The molecule has 1 N–H and O–H groups in total. The Hall–Kier alpha value is -1.56. The normalized spacial score (nSPS) is 11.1. The van der Waals surface area contributed by atoms with Crippen molar-refractivity contribution < 1.29 is 24.2 Å². The summed E-state index contributed by atoms with van der Waals surface area (Å²) in [6.45, 7) is 3.02. The monoisotopic (exact) mass is 344 g/mol. The minimum atomic E-state index is -1.14. The predicted octanol–water partition coefficient (Wildman–Crippen LogP) is 3.15. The van der Waals surface area contributed by atoms with Gasteiger partial charge in [0.05, 0.1) is 29.7 Å². The number of methoxy groups -OCH3 is 2. The zero-order chi connectivity index (χ0) is 15.5. The standard InChI is InChI=1S/C14H17BrO5/c1-14(2,13(17)18)7-10(16)8-5-12(20-4)9(15)6-11(8)19-3/h5-6H,7H2,1-4H3,(H,17,18). The molecular formula is C14H17BrO5. The smallest absolute Gasteiger partial charge is 0.309 e. The molecule has 110 valence electrons. The molecule has 0 atom stereocenters. The maximum atomic E-state index is 12.3. The van der Waals surface area contributed by atoms with Crippen molar-refractivity contribution in [2.45, 2.75) is 20.3 Å². The van der Waals surface area contributed by atoms with Crippen LogP contribution in [0.25, 0.3) is 0 Å². The maximum Gasteiger partial charge on any atom is 0.309 e. The zero-order valence-corrected chi connectivity index (χ0v) is 13.4. The quantitative estimate of drug-likeness (QED) is 0.802. The van der Waals surface area contributed by atoms with Crippen molar-refractivity contribution in [1.82, 2.24) is 0 Å². The second-order valence-electron chi connectivity index (χ2n) is 4.98. The van der Waals surface area contributed by atoms with Crippen LogP contribution in [-0.2, 0) is 4.79 Å². The van der Waals surface area contributed by atoms with E-state index in [9.17, 15) is 9.59 Å². The van der Waals surface area contributed by atoms with Gasteiger partial charge in [-0.3, -0.25) is 9.59 Å². The second kappa shape index (κ2) is 6.26. The number of rotatable bonds is 6. The van der Waals surface area contributed by atoms with Crippen molar-refractivity contribution in [2.24, 2.45) is 5.41 Å². The lowest BCUT2D eigenvalue weighted by Crippen LogP contribution is -2.27. The lowest BCUT2D eigenvalue weighted by molar-refractivity contribution is -0.146. The molecule has 20 heavy (non-hydrogen) atoms. The van der Waals surface area contributed by atoms with E-state index in [1.807, 2.05) is 0 Å². The Bertz CT molecular complexity index is 537. The highest BCUT2D eigenvalue weighted by Crippen LogP contribution is 2.35. The summed E-state index contributed by atoms with van der Waals surface area (Å²) in [6, 6.07) is 3.17. The molecule has 0 aliphatic heterocycles. The number of carbonyl (C=O) groups excluding carboxylic acids is 1. The van der Waals surface area contributed by atoms with Crippen LogP contribution in [0.3, 0.4) is 0 Å². The van der Waals surface area contributed by atoms with Gasteiger partial charge < -0.3 is 14.6 Å². The molecule has 0 amide bonds. The third-order valence-electron chi connectivity index (χ3n) is 2.96. The summed E-state index contributed by atoms with van der Waals surface area (Å²) in [5, 5.41) is 9.09. The molecule has 6 heteroatoms. The van der Waals surface area contributed by atoms with Gasteiger partial charge in [0.2, 0.25) is 0 Å². The summed E-state index contributed by atoms with van der Waals surface area (Å²) in [4.78, 5) is 23.4. The number of aliphatic carboxylic acids is 1. The molecule has 0 aliphatic carbocycles. The number of Topliss-reactive ketones (excluding diaryl/α,β-unsaturated/α-hetero) is 1. The minimum Gasteiger partial charge on any atom is -0.496 e. The molecule has 0 aliphatic rings. The first-order chi connectivity index (χ1) is 9.22. The van der Waals surface area contributed by atoms with Gasteiger partial charge in [0.25, 0.3) is 0 Å². The van der Waals surface area contributed by atoms with Crippen LogP contribution in [0, 0.1) is 5.41 Å². The molecule has 1 aromatic rings. The van der Waals surface area contributed by atoms with Crippen LogP contribution in [0.5, 0.6) is 11.5 Å². The first-order valence-corrected chi connectivity index (χ1v) is 6.70. The number of benzene rings is 1. The van der Waals surface area contributed by atoms with E-state index in [-0.39, 0.29) is 12.2 Å². The average Bonchev–Trinajstić information content (AvgIpc) is 2.37. The molecule has 0 bridgehead atoms. The molecule has 0 radical (unpaired) electrons. The summed E-state index contributed by atoms with van der Waals surface area (Å²) in [5.41, 5.74) is -0.829. The van der Waals surface area contributed by atoms with E-state index in [0.29, 0.717) is 21.5 Å². The predicted molar refractivity (Wildman–Crippen MR) is 77.6 cm³/mol. The zero-order valence-electron chi connectivity index (χ0n) is 11.8. The van der Waals surface area contributed by atoms with E-state index in [1.165, 1.54) is 28.1 Å². The second-order valence-corrected chi connectivity index (χ2v) is 5.83. The molecular weight excluding hydrogens is 328 g/mol. The van der Waals surface area contributed by atoms with Crippen LogP contribution in [0.4, 0.5) is 0 Å². The lowest BCUT2D eigenvalue weighted by Gasteiger charge is -2.19. The number of carbonyl (C=O) groups is 2. The van der Waals surface area contributed by atoms with Gasteiger partial charge in [-0.15, -0.1) is 0 Å². The van der Waals surface area contributed by atoms with Gasteiger partial charge in [-0.05, 0) is 41.9 Å². The summed E-state index contributed by atoms with van der Waals surface area (Å²) in [6.07, 6.45) is -0.122. The summed E-state index contributed by atoms with van der Waals surface area (Å²) >= 11 is 3.31. The molecule has 0 spiro atoms. The third-order valence-corrected chi connectivity index (χ3v) is 3.58. The van der Waals surface area contributed by atoms with Gasteiger partial charge in [-0.2, -0.15) is 0 Å². The molecule has 0 fully saturated rings. The number of hydrogen-bond acceptors (Lipinski definition) is 4. The molecule has 0 unspecified atom stereocenters. The number of hydrogen-bond donors (Lipinski definition) is 1. The van der Waals surface area contributed by atoms with Gasteiger partial charge in [0.15, 0.2) is 5.78 Å². The highest BCUT2D eigenvalue weighted by Gasteiger charge is 2.31. The van der Waals surface area contributed by atoms with Gasteiger partial charge in [-0.25, -0.2) is 0 Å². The Morgan fingerprint density at radius 2 is 1.75 bits per heavy atom. The SMILES string of the molecule is COc1cc(C(=O)CC(C)(C)C(=O)O)c(OC)cc1Br. The topological polar surface area (TPSA) is 72.8 Å². The third kappa shape index (κ3) is 3.50. The van der Waals surface area contributed by atoms with Crippen molar-refractivity contribution in [3.8, 4) is 11.5 Å². The number of ketones is 1. The van der Waals surface area contributed by atoms with Crippen molar-refractivity contribution in [3.05, 3.63) is 22.2 Å². The van der Waals surface area contributed by atoms with E-state index < -0.39 is 11.4 Å². The Balaban J connectivity index is 3.18. The fourth-order valence-corrected chi connectivity index (χ4v) is 2.13. The highest BCUT2D eigenvalue weighted by atomic mass is 79.9. The Labute approximate surface area is 126 Å². The minimum absolute atomic E-state index is 0.122. The Morgan fingerprint density at radius 3 is 2.20 bits per heavy atom. The highest BCUT2D eigenvalue weighted by molar-refractivity contribution is 9.10. The van der Waals surface area contributed by atoms with E-state index in [2.05, 4.69) is 15.9 Å². The average molecular weight is 345 g/mol. The number of carboxylic acids is 1. The molecule has 1 aromatic carbocycles. The fourth-order valence-electron chi connectivity index (χ4n) is 1.65. The van der Waals surface area contributed by atoms with Crippen LogP contribution >= 0.6 is 15.9 Å². The molecule has 5 nitrogen and oxygen atoms in total. The molecule has 0 aromatic heterocycles. The molecule has 1 rings (SSSR count). The van der Waals surface area contributed by atoms with Crippen molar-refractivity contribution in [1.29, 1.82) is 0 Å². The number of carboxylic acid groups (broad SMARTS) is 1. The number of ether oxygens (including phenoxy) is 2. The summed E-state index contributed by atoms with van der Waals surface area (Å²) < 4.78 is 11.0. The number of halogens is 1. The van der Waals surface area contributed by atoms with Crippen LogP contribution in [-0.4, -0.2) is 31.1 Å². The van der Waals surface area contributed by atoms with Crippen LogP contribution in [0.2, 0.25) is 0 Å². The first kappa shape index (κ1) is 16.5. The largest absolute Gasteiger partial charge is 0.496 e. The Morgan fingerprint density at radius 1 is 1.20 bits per heavy atom. The van der Waals surface area contributed by atoms with E-state index in [0.717, 1.165) is 0 Å². The fraction of sp³-hybridized carbons (Fsp3) is 0.429.